The van der Waals surface area contributed by atoms with Gasteiger partial charge in [-0.05, 0) is 19.1 Å². The molecule has 0 spiro atoms. The van der Waals surface area contributed by atoms with Gasteiger partial charge in [-0.25, -0.2) is 4.39 Å². The van der Waals surface area contributed by atoms with Crippen LogP contribution in [0.2, 0.25) is 0 Å². The molecule has 0 aliphatic rings. The quantitative estimate of drug-likeness (QED) is 0.625. The number of hydrogen-bond donors (Lipinski definition) is 2. The normalized spacial score (nSPS) is 12.1. The summed E-state index contributed by atoms with van der Waals surface area (Å²) in [6.07, 6.45) is 1.56. The number of rotatable bonds is 6. The lowest BCUT2D eigenvalue weighted by Crippen LogP contribution is -2.25. The molecule has 7 nitrogen and oxygen atoms in total. The molecule has 0 aliphatic carbocycles. The molecule has 2 rings (SSSR count). The number of aliphatic hydroxyl groups excluding tert-OH is 1. The van der Waals surface area contributed by atoms with Crippen LogP contribution in [-0.4, -0.2) is 32.5 Å². The summed E-state index contributed by atoms with van der Waals surface area (Å²) >= 11 is 0. The number of nitro groups is 1. The number of nitrogens with zero attached hydrogens (tertiary/aromatic N) is 3. The van der Waals surface area contributed by atoms with Gasteiger partial charge in [-0.2, -0.15) is 5.10 Å². The molecule has 2 aromatic rings. The van der Waals surface area contributed by atoms with Crippen LogP contribution in [0.1, 0.15) is 5.56 Å². The Labute approximate surface area is 120 Å². The van der Waals surface area contributed by atoms with Gasteiger partial charge < -0.3 is 10.4 Å². The summed E-state index contributed by atoms with van der Waals surface area (Å²) in [5.41, 5.74) is 0.941. The van der Waals surface area contributed by atoms with E-state index in [2.05, 4.69) is 10.4 Å². The van der Waals surface area contributed by atoms with Crippen LogP contribution in [0.3, 0.4) is 0 Å². The minimum Gasteiger partial charge on any atom is -0.389 e. The number of hydrogen-bond acceptors (Lipinski definition) is 5. The van der Waals surface area contributed by atoms with Crippen molar-refractivity contribution in [1.29, 1.82) is 0 Å². The lowest BCUT2D eigenvalue weighted by Gasteiger charge is -2.14. The SMILES string of the molecule is Cc1c(F)cccc1NCC(O)Cn1cc([N+](=O)[O-])cn1. The number of halogens is 1. The van der Waals surface area contributed by atoms with Crippen LogP contribution in [0.5, 0.6) is 0 Å². The summed E-state index contributed by atoms with van der Waals surface area (Å²) in [6.45, 7) is 1.92. The lowest BCUT2D eigenvalue weighted by molar-refractivity contribution is -0.385. The van der Waals surface area contributed by atoms with Crippen LogP contribution in [0.15, 0.2) is 30.6 Å². The van der Waals surface area contributed by atoms with E-state index in [1.54, 1.807) is 19.1 Å². The third kappa shape index (κ3) is 3.76. The largest absolute Gasteiger partial charge is 0.389 e. The standard InChI is InChI=1S/C13H15FN4O3/c1-9-12(14)3-2-4-13(9)15-6-11(19)8-17-7-10(5-16-17)18(20)21/h2-5,7,11,15,19H,6,8H2,1H3. The van der Waals surface area contributed by atoms with Crippen molar-refractivity contribution >= 4 is 11.4 Å². The number of aromatic nitrogens is 2. The number of benzene rings is 1. The second-order valence-corrected chi connectivity index (χ2v) is 4.62. The van der Waals surface area contributed by atoms with E-state index in [1.165, 1.54) is 16.9 Å². The molecule has 0 fully saturated rings. The Morgan fingerprint density at radius 3 is 3.00 bits per heavy atom. The summed E-state index contributed by atoms with van der Waals surface area (Å²) in [7, 11) is 0. The maximum absolute atomic E-state index is 13.3. The lowest BCUT2D eigenvalue weighted by atomic mass is 10.2. The van der Waals surface area contributed by atoms with Crippen molar-refractivity contribution in [3.63, 3.8) is 0 Å². The maximum atomic E-state index is 13.3. The van der Waals surface area contributed by atoms with Crippen molar-refractivity contribution in [3.05, 3.63) is 52.1 Å². The van der Waals surface area contributed by atoms with Crippen molar-refractivity contribution in [3.8, 4) is 0 Å². The number of aliphatic hydroxyl groups is 1. The van der Waals surface area contributed by atoms with Gasteiger partial charge in [-0.1, -0.05) is 6.07 Å². The van der Waals surface area contributed by atoms with Crippen LogP contribution in [0, 0.1) is 22.9 Å². The molecule has 8 heteroatoms. The molecule has 1 aromatic heterocycles. The molecule has 21 heavy (non-hydrogen) atoms. The first-order chi connectivity index (χ1) is 9.97. The Bertz CT molecular complexity index is 644. The molecule has 0 saturated heterocycles. The zero-order chi connectivity index (χ0) is 15.4. The van der Waals surface area contributed by atoms with Crippen LogP contribution < -0.4 is 5.32 Å². The van der Waals surface area contributed by atoms with Crippen molar-refractivity contribution in [1.82, 2.24) is 9.78 Å². The first kappa shape index (κ1) is 14.9. The monoisotopic (exact) mass is 294 g/mol. The molecule has 1 heterocycles. The van der Waals surface area contributed by atoms with Crippen LogP contribution >= 0.6 is 0 Å². The smallest absolute Gasteiger partial charge is 0.306 e. The molecular weight excluding hydrogens is 279 g/mol. The Morgan fingerprint density at radius 1 is 1.57 bits per heavy atom. The van der Waals surface area contributed by atoms with Crippen molar-refractivity contribution in [2.45, 2.75) is 19.6 Å². The molecule has 0 bridgehead atoms. The summed E-state index contributed by atoms with van der Waals surface area (Å²) < 4.78 is 14.6. The molecule has 0 aliphatic heterocycles. The van der Waals surface area contributed by atoms with Gasteiger partial charge in [-0.3, -0.25) is 14.8 Å². The van der Waals surface area contributed by atoms with Gasteiger partial charge in [0.15, 0.2) is 0 Å². The predicted molar refractivity (Wildman–Crippen MR) is 74.5 cm³/mol. The van der Waals surface area contributed by atoms with Gasteiger partial charge >= 0.3 is 5.69 Å². The number of anilines is 1. The van der Waals surface area contributed by atoms with E-state index >= 15 is 0 Å². The van der Waals surface area contributed by atoms with Crippen molar-refractivity contribution < 1.29 is 14.4 Å². The third-order valence-corrected chi connectivity index (χ3v) is 3.02. The average Bonchev–Trinajstić information content (AvgIpc) is 2.89. The Morgan fingerprint density at radius 2 is 2.33 bits per heavy atom. The second kappa shape index (κ2) is 6.31. The summed E-state index contributed by atoms with van der Waals surface area (Å²) in [5.74, 6) is -0.322. The van der Waals surface area contributed by atoms with E-state index in [0.29, 0.717) is 11.3 Å². The average molecular weight is 294 g/mol. The molecule has 0 amide bonds. The molecule has 2 N–H and O–H groups in total. The first-order valence-corrected chi connectivity index (χ1v) is 6.31. The van der Waals surface area contributed by atoms with Gasteiger partial charge in [0.25, 0.3) is 0 Å². The Balaban J connectivity index is 1.91. The summed E-state index contributed by atoms with van der Waals surface area (Å²) in [4.78, 5) is 9.97. The highest BCUT2D eigenvalue weighted by Crippen LogP contribution is 2.17. The number of nitrogens with one attached hydrogen (secondary N) is 1. The maximum Gasteiger partial charge on any atom is 0.306 e. The molecular formula is C13H15FN4O3. The van der Waals surface area contributed by atoms with E-state index in [0.717, 1.165) is 6.20 Å². The molecule has 112 valence electrons. The van der Waals surface area contributed by atoms with Crippen molar-refractivity contribution in [2.24, 2.45) is 0 Å². The van der Waals surface area contributed by atoms with Crippen LogP contribution in [-0.2, 0) is 6.54 Å². The molecule has 1 unspecified atom stereocenters. The topological polar surface area (TPSA) is 93.2 Å². The van der Waals surface area contributed by atoms with Gasteiger partial charge in [0, 0.05) is 17.8 Å². The summed E-state index contributed by atoms with van der Waals surface area (Å²) in [6, 6.07) is 4.65. The zero-order valence-electron chi connectivity index (χ0n) is 11.4. The van der Waals surface area contributed by atoms with E-state index in [9.17, 15) is 19.6 Å². The minimum absolute atomic E-state index is 0.106. The van der Waals surface area contributed by atoms with Gasteiger partial charge in [0.1, 0.15) is 18.2 Å². The highest BCUT2D eigenvalue weighted by atomic mass is 19.1. The highest BCUT2D eigenvalue weighted by molar-refractivity contribution is 5.50. The first-order valence-electron chi connectivity index (χ1n) is 6.31. The molecule has 0 saturated carbocycles. The van der Waals surface area contributed by atoms with E-state index in [4.69, 9.17) is 0 Å². The zero-order valence-corrected chi connectivity index (χ0v) is 11.4. The molecule has 0 radical (unpaired) electrons. The van der Waals surface area contributed by atoms with Crippen LogP contribution in [0.25, 0.3) is 0 Å². The fourth-order valence-corrected chi connectivity index (χ4v) is 1.85. The van der Waals surface area contributed by atoms with E-state index in [1.807, 2.05) is 0 Å². The fourth-order valence-electron chi connectivity index (χ4n) is 1.85. The summed E-state index contributed by atoms with van der Waals surface area (Å²) in [5, 5.41) is 27.1. The van der Waals surface area contributed by atoms with Gasteiger partial charge in [0.05, 0.1) is 17.6 Å². The molecule has 1 aromatic carbocycles. The minimum atomic E-state index is -0.813. The highest BCUT2D eigenvalue weighted by Gasteiger charge is 2.12. The second-order valence-electron chi connectivity index (χ2n) is 4.62. The van der Waals surface area contributed by atoms with Gasteiger partial charge in [-0.15, -0.1) is 0 Å². The Hall–Kier alpha value is -2.48. The Kier molecular flexibility index (Phi) is 4.49. The van der Waals surface area contributed by atoms with Crippen molar-refractivity contribution in [2.75, 3.05) is 11.9 Å². The fraction of sp³-hybridized carbons (Fsp3) is 0.308. The van der Waals surface area contributed by atoms with E-state index in [-0.39, 0.29) is 24.6 Å². The van der Waals surface area contributed by atoms with Gasteiger partial charge in [0.2, 0.25) is 0 Å². The van der Waals surface area contributed by atoms with Crippen LogP contribution in [0.4, 0.5) is 15.8 Å². The predicted octanol–water partition coefficient (Wildman–Crippen LogP) is 1.71. The third-order valence-electron chi connectivity index (χ3n) is 3.02. The van der Waals surface area contributed by atoms with E-state index < -0.39 is 11.0 Å². The molecule has 1 atom stereocenters.